The molecule has 1 amide bonds. The summed E-state index contributed by atoms with van der Waals surface area (Å²) in [7, 11) is 3.10. The van der Waals surface area contributed by atoms with Crippen molar-refractivity contribution in [2.45, 2.75) is 17.2 Å². The number of carbonyl (C=O) groups excluding carboxylic acids is 1. The van der Waals surface area contributed by atoms with Gasteiger partial charge in [-0.1, -0.05) is 12.1 Å². The van der Waals surface area contributed by atoms with Crippen molar-refractivity contribution in [2.75, 3.05) is 31.0 Å². The summed E-state index contributed by atoms with van der Waals surface area (Å²) in [5, 5.41) is 3.41. The van der Waals surface area contributed by atoms with Crippen molar-refractivity contribution in [2.24, 2.45) is 0 Å². The lowest BCUT2D eigenvalue weighted by Crippen LogP contribution is -2.38. The number of anilines is 2. The molecule has 0 aliphatic carbocycles. The number of aromatic nitrogens is 2. The number of pyridine rings is 2. The highest BCUT2D eigenvalue weighted by atomic mass is 32.2. The van der Waals surface area contributed by atoms with Crippen molar-refractivity contribution in [1.29, 1.82) is 0 Å². The van der Waals surface area contributed by atoms with Crippen LogP contribution in [0, 0.1) is 11.6 Å². The molecule has 184 valence electrons. The minimum absolute atomic E-state index is 0.0645. The lowest BCUT2D eigenvalue weighted by molar-refractivity contribution is -0.115. The molecule has 1 aliphatic heterocycles. The highest BCUT2D eigenvalue weighted by molar-refractivity contribution is 7.98. The zero-order valence-electron chi connectivity index (χ0n) is 19.5. The molecule has 0 unspecified atom stereocenters. The molecule has 0 radical (unpaired) electrons. The summed E-state index contributed by atoms with van der Waals surface area (Å²) in [6.45, 7) is -0.197. The average Bonchev–Trinajstić information content (AvgIpc) is 2.89. The lowest BCUT2D eigenvalue weighted by atomic mass is 10.1. The molecule has 2 aromatic carbocycles. The van der Waals surface area contributed by atoms with Gasteiger partial charge in [0, 0.05) is 34.2 Å². The number of benzene rings is 2. The Kier molecular flexibility index (Phi) is 6.60. The Bertz CT molecular complexity index is 1430. The highest BCUT2D eigenvalue weighted by Crippen LogP contribution is 2.37. The first-order chi connectivity index (χ1) is 17.4. The molecular formula is C26H22F2N4O3S. The van der Waals surface area contributed by atoms with E-state index in [1.54, 1.807) is 24.1 Å². The molecular weight excluding hydrogens is 486 g/mol. The van der Waals surface area contributed by atoms with Crippen LogP contribution in [0.25, 0.3) is 11.0 Å². The average molecular weight is 509 g/mol. The number of hydrogen-bond donors (Lipinski definition) is 1. The molecule has 2 aromatic heterocycles. The fourth-order valence-corrected chi connectivity index (χ4v) is 4.96. The number of ether oxygens (including phenoxy) is 2. The van der Waals surface area contributed by atoms with E-state index in [9.17, 15) is 4.79 Å². The second-order valence-electron chi connectivity index (χ2n) is 8.15. The van der Waals surface area contributed by atoms with E-state index in [1.807, 2.05) is 24.3 Å². The van der Waals surface area contributed by atoms with Crippen LogP contribution in [0.15, 0.2) is 59.6 Å². The summed E-state index contributed by atoms with van der Waals surface area (Å²) in [4.78, 5) is 23.1. The molecule has 0 saturated heterocycles. The number of carbonyl (C=O) groups is 1. The maximum Gasteiger partial charge on any atom is 0.244 e. The minimum atomic E-state index is -0.669. The van der Waals surface area contributed by atoms with Crippen molar-refractivity contribution in [3.8, 4) is 11.6 Å². The zero-order chi connectivity index (χ0) is 25.2. The van der Waals surface area contributed by atoms with Gasteiger partial charge in [0.15, 0.2) is 5.65 Å². The smallest absolute Gasteiger partial charge is 0.244 e. The van der Waals surface area contributed by atoms with Gasteiger partial charge in [-0.15, -0.1) is 11.8 Å². The van der Waals surface area contributed by atoms with E-state index in [-0.39, 0.29) is 24.6 Å². The van der Waals surface area contributed by atoms with Gasteiger partial charge in [0.25, 0.3) is 0 Å². The third-order valence-corrected chi connectivity index (χ3v) is 6.88. The monoisotopic (exact) mass is 508 g/mol. The Morgan fingerprint density at radius 1 is 1.06 bits per heavy atom. The second-order valence-corrected chi connectivity index (χ2v) is 9.20. The van der Waals surface area contributed by atoms with E-state index in [2.05, 4.69) is 15.3 Å². The third kappa shape index (κ3) is 4.76. The molecule has 0 bridgehead atoms. The van der Waals surface area contributed by atoms with Gasteiger partial charge in [-0.05, 0) is 35.9 Å². The Hall–Kier alpha value is -3.92. The van der Waals surface area contributed by atoms with Gasteiger partial charge in [-0.25, -0.2) is 13.8 Å². The number of halogens is 2. The molecule has 0 spiro atoms. The molecule has 4 aromatic rings. The molecule has 3 heterocycles. The number of amides is 1. The topological polar surface area (TPSA) is 76.6 Å². The first-order valence-corrected chi connectivity index (χ1v) is 12.1. The predicted octanol–water partition coefficient (Wildman–Crippen LogP) is 5.18. The molecule has 5 rings (SSSR count). The summed E-state index contributed by atoms with van der Waals surface area (Å²) in [6.07, 6.45) is 1.49. The van der Waals surface area contributed by atoms with Gasteiger partial charge in [0.1, 0.15) is 17.4 Å². The van der Waals surface area contributed by atoms with Crippen LogP contribution in [0.3, 0.4) is 0 Å². The van der Waals surface area contributed by atoms with Gasteiger partial charge in [-0.2, -0.15) is 4.98 Å². The van der Waals surface area contributed by atoms with Crippen molar-refractivity contribution in [3.63, 3.8) is 0 Å². The first kappa shape index (κ1) is 23.8. The summed E-state index contributed by atoms with van der Waals surface area (Å²) in [5.41, 5.74) is 2.36. The molecule has 0 saturated carbocycles. The van der Waals surface area contributed by atoms with Gasteiger partial charge in [-0.3, -0.25) is 4.79 Å². The molecule has 36 heavy (non-hydrogen) atoms. The van der Waals surface area contributed by atoms with E-state index >= 15 is 8.78 Å². The van der Waals surface area contributed by atoms with Crippen LogP contribution in [0.1, 0.15) is 11.1 Å². The standard InChI is InChI=1S/C26H22F2N4O3S/c1-34-16-5-3-15(4-6-16)14-36-17-9-20(27)19(21(28)10-17)12-32-13-23(33)30-22-11-29-26-18(25(22)32)7-8-24(31-26)35-2/h3-11H,12-14H2,1-2H3,(H,30,33). The van der Waals surface area contributed by atoms with Gasteiger partial charge >= 0.3 is 0 Å². The van der Waals surface area contributed by atoms with Crippen LogP contribution in [0.4, 0.5) is 20.2 Å². The number of rotatable bonds is 7. The summed E-state index contributed by atoms with van der Waals surface area (Å²) >= 11 is 1.34. The van der Waals surface area contributed by atoms with E-state index in [0.29, 0.717) is 38.9 Å². The molecule has 10 heteroatoms. The van der Waals surface area contributed by atoms with Gasteiger partial charge in [0.2, 0.25) is 11.8 Å². The van der Waals surface area contributed by atoms with Crippen molar-refractivity contribution < 1.29 is 23.0 Å². The van der Waals surface area contributed by atoms with Crippen LogP contribution in [-0.4, -0.2) is 36.6 Å². The van der Waals surface area contributed by atoms with Gasteiger partial charge in [0.05, 0.1) is 38.3 Å². The molecule has 1 aliphatic rings. The molecule has 7 nitrogen and oxygen atoms in total. The Labute approximate surface area is 210 Å². The summed E-state index contributed by atoms with van der Waals surface area (Å²) in [6, 6.07) is 13.6. The minimum Gasteiger partial charge on any atom is -0.497 e. The second kappa shape index (κ2) is 9.98. The molecule has 1 N–H and O–H groups in total. The van der Waals surface area contributed by atoms with E-state index in [4.69, 9.17) is 9.47 Å². The lowest BCUT2D eigenvalue weighted by Gasteiger charge is -2.32. The number of hydrogen-bond acceptors (Lipinski definition) is 7. The number of thioether (sulfide) groups is 1. The molecule has 0 atom stereocenters. The van der Waals surface area contributed by atoms with Gasteiger partial charge < -0.3 is 19.7 Å². The normalized spacial score (nSPS) is 12.9. The number of nitrogens with one attached hydrogen (secondary N) is 1. The Balaban J connectivity index is 1.41. The highest BCUT2D eigenvalue weighted by Gasteiger charge is 2.27. The maximum atomic E-state index is 15.1. The maximum absolute atomic E-state index is 15.1. The largest absolute Gasteiger partial charge is 0.497 e. The van der Waals surface area contributed by atoms with Crippen LogP contribution in [-0.2, 0) is 17.1 Å². The van der Waals surface area contributed by atoms with Crippen LogP contribution in [0.2, 0.25) is 0 Å². The number of nitrogens with zero attached hydrogens (tertiary/aromatic N) is 3. The Morgan fingerprint density at radius 3 is 2.50 bits per heavy atom. The summed E-state index contributed by atoms with van der Waals surface area (Å²) in [5.74, 6) is 0.0587. The predicted molar refractivity (Wildman–Crippen MR) is 135 cm³/mol. The Morgan fingerprint density at radius 2 is 1.81 bits per heavy atom. The molecule has 0 fully saturated rings. The van der Waals surface area contributed by atoms with Crippen molar-refractivity contribution >= 4 is 40.1 Å². The van der Waals surface area contributed by atoms with Crippen LogP contribution < -0.4 is 19.7 Å². The van der Waals surface area contributed by atoms with E-state index in [1.165, 1.54) is 37.2 Å². The number of methoxy groups -OCH3 is 2. The quantitative estimate of drug-likeness (QED) is 0.345. The van der Waals surface area contributed by atoms with E-state index in [0.717, 1.165) is 11.3 Å². The summed E-state index contributed by atoms with van der Waals surface area (Å²) < 4.78 is 40.6. The van der Waals surface area contributed by atoms with Crippen LogP contribution in [0.5, 0.6) is 11.6 Å². The van der Waals surface area contributed by atoms with Crippen molar-refractivity contribution in [3.05, 3.63) is 77.5 Å². The fourth-order valence-electron chi connectivity index (χ4n) is 4.06. The van der Waals surface area contributed by atoms with Crippen molar-refractivity contribution in [1.82, 2.24) is 9.97 Å². The third-order valence-electron chi connectivity index (χ3n) is 5.84. The zero-order valence-corrected chi connectivity index (χ0v) is 20.4. The number of fused-ring (bicyclic) bond motifs is 3. The van der Waals surface area contributed by atoms with E-state index < -0.39 is 11.6 Å². The van der Waals surface area contributed by atoms with Crippen LogP contribution >= 0.6 is 11.8 Å². The first-order valence-electron chi connectivity index (χ1n) is 11.1. The fraction of sp³-hybridized carbons (Fsp3) is 0.192. The SMILES string of the molecule is COc1ccc(CSc2cc(F)c(CN3CC(=O)Nc4cnc5nc(OC)ccc5c43)c(F)c2)cc1.